The third kappa shape index (κ3) is 4.87. The second-order valence-electron chi connectivity index (χ2n) is 10.7. The second kappa shape index (κ2) is 8.78. The molecule has 2 aromatic rings. The fraction of sp³-hybridized carbons (Fsp3) is 0.615. The summed E-state index contributed by atoms with van der Waals surface area (Å²) in [6.07, 6.45) is 9.35. The molecule has 1 aromatic carbocycles. The number of fused-ring (bicyclic) bond motifs is 2. The molecule has 1 fully saturated rings. The highest BCUT2D eigenvalue weighted by Gasteiger charge is 2.42. The molecule has 1 spiro atoms. The van der Waals surface area contributed by atoms with E-state index in [-0.39, 0.29) is 18.8 Å². The van der Waals surface area contributed by atoms with Crippen molar-refractivity contribution in [2.24, 2.45) is 5.41 Å². The summed E-state index contributed by atoms with van der Waals surface area (Å²) in [6.45, 7) is 13.3. The number of carbonyl (C=O) groups is 1. The second-order valence-corrected chi connectivity index (χ2v) is 10.7. The van der Waals surface area contributed by atoms with E-state index >= 15 is 0 Å². The predicted molar refractivity (Wildman–Crippen MR) is 127 cm³/mol. The summed E-state index contributed by atoms with van der Waals surface area (Å²) in [4.78, 5) is 15.5. The fourth-order valence-electron chi connectivity index (χ4n) is 5.26. The van der Waals surface area contributed by atoms with Crippen LogP contribution in [0.25, 0.3) is 0 Å². The number of amides is 1. The van der Waals surface area contributed by atoms with E-state index in [0.717, 1.165) is 19.4 Å². The number of nitrogens with zero attached hydrogens (tertiary/aromatic N) is 3. The normalized spacial score (nSPS) is 21.1. The van der Waals surface area contributed by atoms with Crippen LogP contribution < -0.4 is 5.32 Å². The first-order valence-corrected chi connectivity index (χ1v) is 11.9. The molecule has 31 heavy (non-hydrogen) atoms. The SMILES string of the molecule is CCn1cc(C(=O)N[C@H]2CCC3(CCN(CCC(C)(C)C)CC3)c3ccccc32)cn1.[HH]. The first kappa shape index (κ1) is 22.1. The summed E-state index contributed by atoms with van der Waals surface area (Å²) in [7, 11) is 0. The summed E-state index contributed by atoms with van der Waals surface area (Å²) in [6, 6.07) is 8.90. The lowest BCUT2D eigenvalue weighted by atomic mass is 9.63. The third-order valence-electron chi connectivity index (χ3n) is 7.34. The van der Waals surface area contributed by atoms with Crippen molar-refractivity contribution in [2.75, 3.05) is 19.6 Å². The Morgan fingerprint density at radius 3 is 2.65 bits per heavy atom. The van der Waals surface area contributed by atoms with Crippen molar-refractivity contribution in [2.45, 2.75) is 77.8 Å². The van der Waals surface area contributed by atoms with Gasteiger partial charge in [-0.25, -0.2) is 0 Å². The van der Waals surface area contributed by atoms with Gasteiger partial charge in [-0.05, 0) is 80.6 Å². The van der Waals surface area contributed by atoms with Gasteiger partial charge < -0.3 is 10.2 Å². The maximum atomic E-state index is 12.8. The number of hydrogen-bond acceptors (Lipinski definition) is 3. The average molecular weight is 425 g/mol. The first-order chi connectivity index (χ1) is 14.8. The van der Waals surface area contributed by atoms with Gasteiger partial charge in [0.25, 0.3) is 5.91 Å². The van der Waals surface area contributed by atoms with E-state index < -0.39 is 0 Å². The number of aromatic nitrogens is 2. The minimum Gasteiger partial charge on any atom is -0.345 e. The van der Waals surface area contributed by atoms with E-state index in [1.54, 1.807) is 10.9 Å². The Morgan fingerprint density at radius 2 is 1.97 bits per heavy atom. The van der Waals surface area contributed by atoms with Crippen molar-refractivity contribution in [3.8, 4) is 0 Å². The van der Waals surface area contributed by atoms with Crippen LogP contribution in [0.1, 0.15) is 88.8 Å². The van der Waals surface area contributed by atoms with Crippen LogP contribution in [0.4, 0.5) is 0 Å². The van der Waals surface area contributed by atoms with Gasteiger partial charge >= 0.3 is 0 Å². The molecule has 2 aliphatic rings. The Bertz CT molecular complexity index is 909. The summed E-state index contributed by atoms with van der Waals surface area (Å²) in [5.41, 5.74) is 4.08. The summed E-state index contributed by atoms with van der Waals surface area (Å²) < 4.78 is 1.80. The Balaban J connectivity index is 0.00000289. The molecule has 5 heteroatoms. The van der Waals surface area contributed by atoms with Crippen LogP contribution in [0.3, 0.4) is 0 Å². The Morgan fingerprint density at radius 1 is 1.23 bits per heavy atom. The lowest BCUT2D eigenvalue weighted by Gasteiger charge is -2.47. The number of likely N-dealkylation sites (tertiary alicyclic amines) is 1. The minimum absolute atomic E-state index is 0. The number of benzene rings is 1. The molecule has 1 N–H and O–H groups in total. The van der Waals surface area contributed by atoms with Gasteiger partial charge in [-0.2, -0.15) is 5.10 Å². The molecule has 5 nitrogen and oxygen atoms in total. The number of hydrogen-bond donors (Lipinski definition) is 1. The van der Waals surface area contributed by atoms with E-state index in [1.165, 1.54) is 50.0 Å². The summed E-state index contributed by atoms with van der Waals surface area (Å²) in [5, 5.41) is 7.54. The lowest BCUT2D eigenvalue weighted by Crippen LogP contribution is -2.46. The molecule has 2 heterocycles. The molecular weight excluding hydrogens is 384 g/mol. The van der Waals surface area contributed by atoms with Gasteiger partial charge in [-0.15, -0.1) is 0 Å². The van der Waals surface area contributed by atoms with Crippen LogP contribution in [0.5, 0.6) is 0 Å². The molecule has 1 amide bonds. The molecule has 0 saturated carbocycles. The maximum absolute atomic E-state index is 12.8. The van der Waals surface area contributed by atoms with E-state index in [1.807, 2.05) is 13.1 Å². The van der Waals surface area contributed by atoms with Crippen LogP contribution in [0.2, 0.25) is 0 Å². The number of aryl methyl sites for hydroxylation is 1. The molecule has 0 bridgehead atoms. The maximum Gasteiger partial charge on any atom is 0.254 e. The highest BCUT2D eigenvalue weighted by Crippen LogP contribution is 2.48. The first-order valence-electron chi connectivity index (χ1n) is 11.9. The average Bonchev–Trinajstić information content (AvgIpc) is 3.25. The predicted octanol–water partition coefficient (Wildman–Crippen LogP) is 5.18. The quantitative estimate of drug-likeness (QED) is 0.719. The van der Waals surface area contributed by atoms with Crippen molar-refractivity contribution in [1.82, 2.24) is 20.0 Å². The zero-order valence-electron chi connectivity index (χ0n) is 19.7. The number of piperidine rings is 1. The van der Waals surface area contributed by atoms with Gasteiger partial charge in [0.05, 0.1) is 17.8 Å². The van der Waals surface area contributed by atoms with Crippen LogP contribution in [-0.2, 0) is 12.0 Å². The van der Waals surface area contributed by atoms with Crippen LogP contribution in [-0.4, -0.2) is 40.2 Å². The minimum atomic E-state index is -0.0209. The zero-order valence-corrected chi connectivity index (χ0v) is 19.7. The summed E-state index contributed by atoms with van der Waals surface area (Å²) >= 11 is 0. The Hall–Kier alpha value is -2.14. The fourth-order valence-corrected chi connectivity index (χ4v) is 5.26. The largest absolute Gasteiger partial charge is 0.345 e. The van der Waals surface area contributed by atoms with Crippen LogP contribution in [0, 0.1) is 5.41 Å². The van der Waals surface area contributed by atoms with Crippen molar-refractivity contribution in [3.05, 3.63) is 53.3 Å². The Kier molecular flexibility index (Phi) is 6.25. The molecule has 1 atom stereocenters. The van der Waals surface area contributed by atoms with Crippen molar-refractivity contribution in [1.29, 1.82) is 0 Å². The third-order valence-corrected chi connectivity index (χ3v) is 7.34. The smallest absolute Gasteiger partial charge is 0.254 e. The molecule has 1 aliphatic heterocycles. The highest BCUT2D eigenvalue weighted by molar-refractivity contribution is 5.94. The number of rotatable bonds is 5. The monoisotopic (exact) mass is 424 g/mol. The van der Waals surface area contributed by atoms with E-state index in [2.05, 4.69) is 60.4 Å². The molecule has 170 valence electrons. The molecule has 4 rings (SSSR count). The van der Waals surface area contributed by atoms with Gasteiger partial charge in [0.1, 0.15) is 0 Å². The topological polar surface area (TPSA) is 50.2 Å². The van der Waals surface area contributed by atoms with Crippen LogP contribution >= 0.6 is 0 Å². The van der Waals surface area contributed by atoms with Gasteiger partial charge in [0.15, 0.2) is 0 Å². The van der Waals surface area contributed by atoms with Crippen molar-refractivity contribution in [3.63, 3.8) is 0 Å². The highest BCUT2D eigenvalue weighted by atomic mass is 16.1. The Labute approximate surface area is 188 Å². The molecule has 1 aromatic heterocycles. The molecule has 0 radical (unpaired) electrons. The van der Waals surface area contributed by atoms with Crippen molar-refractivity contribution >= 4 is 5.91 Å². The number of carbonyl (C=O) groups excluding carboxylic acids is 1. The molecule has 1 saturated heterocycles. The van der Waals surface area contributed by atoms with Gasteiger partial charge in [-0.3, -0.25) is 9.48 Å². The van der Waals surface area contributed by atoms with E-state index in [9.17, 15) is 4.79 Å². The zero-order chi connectivity index (χ0) is 22.1. The van der Waals surface area contributed by atoms with E-state index in [0.29, 0.717) is 11.0 Å². The molecule has 1 aliphatic carbocycles. The van der Waals surface area contributed by atoms with Gasteiger partial charge in [0.2, 0.25) is 0 Å². The summed E-state index contributed by atoms with van der Waals surface area (Å²) in [5.74, 6) is -0.0209. The molecule has 0 unspecified atom stereocenters. The van der Waals surface area contributed by atoms with Gasteiger partial charge in [0, 0.05) is 14.2 Å². The lowest BCUT2D eigenvalue weighted by molar-refractivity contribution is 0.0914. The van der Waals surface area contributed by atoms with Gasteiger partial charge in [-0.1, -0.05) is 45.0 Å². The van der Waals surface area contributed by atoms with Crippen LogP contribution in [0.15, 0.2) is 36.7 Å². The van der Waals surface area contributed by atoms with E-state index in [4.69, 9.17) is 0 Å². The standard InChI is InChI=1S/C26H38N4O.H2/c1-5-30-19-20(18-27-30)24(31)28-23-10-11-26(22-9-7-6-8-21(22)23)13-16-29(17-14-26)15-12-25(2,3)4;/h6-9,18-19,23H,5,10-17H2,1-4H3,(H,28,31);1H/t23-;/m0./s1. The van der Waals surface area contributed by atoms with Crippen molar-refractivity contribution < 1.29 is 6.22 Å². The number of nitrogens with one attached hydrogen (secondary N) is 1. The molecular formula is C26H40N4O.